The van der Waals surface area contributed by atoms with Crippen LogP contribution in [0.4, 0.5) is 4.39 Å². The van der Waals surface area contributed by atoms with Gasteiger partial charge in [0.1, 0.15) is 5.82 Å². The number of hydrogen-bond acceptors (Lipinski definition) is 3. The zero-order valence-electron chi connectivity index (χ0n) is 13.2. The van der Waals surface area contributed by atoms with E-state index in [0.29, 0.717) is 6.42 Å². The summed E-state index contributed by atoms with van der Waals surface area (Å²) in [5.41, 5.74) is 2.51. The third-order valence-electron chi connectivity index (χ3n) is 4.00. The first-order chi connectivity index (χ1) is 10.5. The van der Waals surface area contributed by atoms with Gasteiger partial charge in [0.05, 0.1) is 11.8 Å². The Morgan fingerprint density at radius 1 is 1.36 bits per heavy atom. The van der Waals surface area contributed by atoms with E-state index < -0.39 is 0 Å². The van der Waals surface area contributed by atoms with E-state index in [9.17, 15) is 9.18 Å². The van der Waals surface area contributed by atoms with Crippen LogP contribution in [0.1, 0.15) is 31.4 Å². The molecule has 1 amide bonds. The minimum atomic E-state index is -0.279. The zero-order chi connectivity index (χ0) is 16.1. The number of halogens is 1. The highest BCUT2D eigenvalue weighted by Crippen LogP contribution is 2.19. The van der Waals surface area contributed by atoms with E-state index in [1.165, 1.54) is 12.1 Å². The minimum absolute atomic E-state index is 0.0903. The summed E-state index contributed by atoms with van der Waals surface area (Å²) in [5, 5.41) is 6.15. The van der Waals surface area contributed by atoms with Crippen molar-refractivity contribution in [2.24, 2.45) is 4.99 Å². The van der Waals surface area contributed by atoms with Gasteiger partial charge in [-0.2, -0.15) is 0 Å². The number of amides is 1. The molecule has 0 saturated heterocycles. The smallest absolute Gasteiger partial charge is 0.247 e. The lowest BCUT2D eigenvalue weighted by molar-refractivity contribution is -0.118. The Kier molecular flexibility index (Phi) is 5.44. The molecule has 0 aliphatic heterocycles. The van der Waals surface area contributed by atoms with Crippen LogP contribution in [0.15, 0.2) is 40.9 Å². The Bertz CT molecular complexity index is 592. The Morgan fingerprint density at radius 3 is 2.64 bits per heavy atom. The zero-order valence-corrected chi connectivity index (χ0v) is 13.2. The van der Waals surface area contributed by atoms with Gasteiger partial charge in [-0.15, -0.1) is 0 Å². The lowest BCUT2D eigenvalue weighted by Crippen LogP contribution is -2.38. The topological polar surface area (TPSA) is 53.5 Å². The average Bonchev–Trinajstić information content (AvgIpc) is 2.54. The molecule has 118 valence electrons. The summed E-state index contributed by atoms with van der Waals surface area (Å²) in [6.07, 6.45) is 3.43. The largest absolute Gasteiger partial charge is 0.346 e. The highest BCUT2D eigenvalue weighted by molar-refractivity contribution is 6.07. The SMILES string of the molecule is CN=C1C=C(C(=O)NC(C)c2ccc(F)cc2)CCC1NC. The molecular weight excluding hydrogens is 281 g/mol. The van der Waals surface area contributed by atoms with E-state index in [1.807, 2.05) is 20.0 Å². The van der Waals surface area contributed by atoms with Crippen molar-refractivity contribution in [2.75, 3.05) is 14.1 Å². The Labute approximate surface area is 130 Å². The Hall–Kier alpha value is -2.01. The summed E-state index contributed by atoms with van der Waals surface area (Å²) in [7, 11) is 3.63. The second-order valence-corrected chi connectivity index (χ2v) is 5.44. The Balaban J connectivity index is 2.06. The lowest BCUT2D eigenvalue weighted by Gasteiger charge is -2.24. The normalized spacial score (nSPS) is 21.4. The van der Waals surface area contributed by atoms with Gasteiger partial charge in [-0.25, -0.2) is 4.39 Å². The molecule has 2 N–H and O–H groups in total. The van der Waals surface area contributed by atoms with Gasteiger partial charge in [-0.1, -0.05) is 12.1 Å². The van der Waals surface area contributed by atoms with E-state index in [0.717, 1.165) is 23.3 Å². The molecule has 0 bridgehead atoms. The van der Waals surface area contributed by atoms with Gasteiger partial charge in [-0.3, -0.25) is 9.79 Å². The first-order valence-corrected chi connectivity index (χ1v) is 7.46. The molecule has 22 heavy (non-hydrogen) atoms. The highest BCUT2D eigenvalue weighted by atomic mass is 19.1. The van der Waals surface area contributed by atoms with Gasteiger partial charge in [0, 0.05) is 18.7 Å². The van der Waals surface area contributed by atoms with E-state index in [1.54, 1.807) is 19.2 Å². The van der Waals surface area contributed by atoms with Gasteiger partial charge in [0.15, 0.2) is 0 Å². The van der Waals surface area contributed by atoms with E-state index in [-0.39, 0.29) is 23.8 Å². The van der Waals surface area contributed by atoms with Gasteiger partial charge in [-0.05, 0) is 50.6 Å². The van der Waals surface area contributed by atoms with Crippen molar-refractivity contribution in [1.29, 1.82) is 0 Å². The van der Waals surface area contributed by atoms with Crippen molar-refractivity contribution < 1.29 is 9.18 Å². The lowest BCUT2D eigenvalue weighted by atomic mass is 9.92. The predicted molar refractivity (Wildman–Crippen MR) is 86.5 cm³/mol. The van der Waals surface area contributed by atoms with Gasteiger partial charge in [0.2, 0.25) is 5.91 Å². The van der Waals surface area contributed by atoms with Crippen molar-refractivity contribution in [3.63, 3.8) is 0 Å². The monoisotopic (exact) mass is 303 g/mol. The van der Waals surface area contributed by atoms with E-state index in [2.05, 4.69) is 15.6 Å². The molecular formula is C17H22FN3O. The number of nitrogens with zero attached hydrogens (tertiary/aromatic N) is 1. The summed E-state index contributed by atoms with van der Waals surface area (Å²) >= 11 is 0. The molecule has 0 saturated carbocycles. The third kappa shape index (κ3) is 3.80. The predicted octanol–water partition coefficient (Wildman–Crippen LogP) is 2.38. The van der Waals surface area contributed by atoms with Crippen LogP contribution < -0.4 is 10.6 Å². The maximum atomic E-state index is 12.9. The fraction of sp³-hybridized carbons (Fsp3) is 0.412. The second-order valence-electron chi connectivity index (χ2n) is 5.44. The van der Waals surface area contributed by atoms with Crippen molar-refractivity contribution in [3.8, 4) is 0 Å². The molecule has 0 aromatic heterocycles. The molecule has 1 aliphatic carbocycles. The summed E-state index contributed by atoms with van der Waals surface area (Å²) in [6.45, 7) is 1.89. The number of rotatable bonds is 4. The quantitative estimate of drug-likeness (QED) is 0.897. The van der Waals surface area contributed by atoms with E-state index >= 15 is 0 Å². The molecule has 4 nitrogen and oxygen atoms in total. The molecule has 2 atom stereocenters. The Morgan fingerprint density at radius 2 is 2.05 bits per heavy atom. The van der Waals surface area contributed by atoms with Crippen LogP contribution in [0.25, 0.3) is 0 Å². The van der Waals surface area contributed by atoms with Crippen molar-refractivity contribution in [3.05, 3.63) is 47.3 Å². The molecule has 0 spiro atoms. The van der Waals surface area contributed by atoms with Crippen LogP contribution in [0.2, 0.25) is 0 Å². The number of carbonyl (C=O) groups is 1. The van der Waals surface area contributed by atoms with Crippen LogP contribution >= 0.6 is 0 Å². The van der Waals surface area contributed by atoms with E-state index in [4.69, 9.17) is 0 Å². The van der Waals surface area contributed by atoms with Crippen molar-refractivity contribution in [2.45, 2.75) is 31.8 Å². The molecule has 0 heterocycles. The standard InChI is InChI=1S/C17H22FN3O/c1-11(12-4-7-14(18)8-5-12)21-17(22)13-6-9-15(19-2)16(10-13)20-3/h4-5,7-8,10-11,15,19H,6,9H2,1-3H3,(H,21,22). The second kappa shape index (κ2) is 7.31. The number of hydrogen-bond donors (Lipinski definition) is 2. The van der Waals surface area contributed by atoms with Crippen LogP contribution in [0.3, 0.4) is 0 Å². The summed E-state index contributed by atoms with van der Waals surface area (Å²) in [6, 6.07) is 6.21. The molecule has 5 heteroatoms. The van der Waals surface area contributed by atoms with Crippen molar-refractivity contribution in [1.82, 2.24) is 10.6 Å². The first kappa shape index (κ1) is 16.4. The van der Waals surface area contributed by atoms with Crippen LogP contribution in [-0.2, 0) is 4.79 Å². The van der Waals surface area contributed by atoms with Crippen LogP contribution in [-0.4, -0.2) is 31.8 Å². The summed E-state index contributed by atoms with van der Waals surface area (Å²) in [5.74, 6) is -0.369. The molecule has 0 fully saturated rings. The molecule has 0 radical (unpaired) electrons. The number of benzene rings is 1. The van der Waals surface area contributed by atoms with Crippen LogP contribution in [0.5, 0.6) is 0 Å². The molecule has 2 unspecified atom stereocenters. The van der Waals surface area contributed by atoms with Gasteiger partial charge < -0.3 is 10.6 Å². The maximum Gasteiger partial charge on any atom is 0.247 e. The van der Waals surface area contributed by atoms with Crippen LogP contribution in [0, 0.1) is 5.82 Å². The fourth-order valence-corrected chi connectivity index (χ4v) is 2.61. The van der Waals surface area contributed by atoms with Crippen molar-refractivity contribution >= 4 is 11.6 Å². The minimum Gasteiger partial charge on any atom is -0.346 e. The number of aliphatic imine (C=N–C) groups is 1. The first-order valence-electron chi connectivity index (χ1n) is 7.46. The summed E-state index contributed by atoms with van der Waals surface area (Å²) < 4.78 is 12.9. The average molecular weight is 303 g/mol. The van der Waals surface area contributed by atoms with Gasteiger partial charge in [0.25, 0.3) is 0 Å². The maximum absolute atomic E-state index is 12.9. The third-order valence-corrected chi connectivity index (χ3v) is 4.00. The summed E-state index contributed by atoms with van der Waals surface area (Å²) in [4.78, 5) is 16.6. The fourth-order valence-electron chi connectivity index (χ4n) is 2.61. The molecule has 2 rings (SSSR count). The number of nitrogens with one attached hydrogen (secondary N) is 2. The van der Waals surface area contributed by atoms with Gasteiger partial charge >= 0.3 is 0 Å². The molecule has 1 aromatic rings. The number of carbonyl (C=O) groups excluding carboxylic acids is 1. The highest BCUT2D eigenvalue weighted by Gasteiger charge is 2.23. The molecule has 1 aromatic carbocycles. The molecule has 1 aliphatic rings.